The van der Waals surface area contributed by atoms with E-state index in [0.717, 1.165) is 12.0 Å². The first-order valence-electron chi connectivity index (χ1n) is 9.88. The number of hydrogen-bond acceptors (Lipinski definition) is 5. The van der Waals surface area contributed by atoms with E-state index >= 15 is 0 Å². The highest BCUT2D eigenvalue weighted by Gasteiger charge is 2.28. The first-order valence-corrected chi connectivity index (χ1v) is 9.88. The molecule has 0 spiro atoms. The highest BCUT2D eigenvalue weighted by Crippen LogP contribution is 2.28. The quantitative estimate of drug-likeness (QED) is 0.647. The minimum atomic E-state index is -0.744. The molecule has 1 aromatic heterocycles. The predicted octanol–water partition coefficient (Wildman–Crippen LogP) is 2.49. The van der Waals surface area contributed by atoms with Crippen molar-refractivity contribution in [3.05, 3.63) is 77.9 Å². The van der Waals surface area contributed by atoms with Crippen molar-refractivity contribution in [1.29, 1.82) is 0 Å². The second kappa shape index (κ2) is 9.04. The lowest BCUT2D eigenvalue weighted by Crippen LogP contribution is -2.28. The van der Waals surface area contributed by atoms with Gasteiger partial charge >= 0.3 is 0 Å². The SMILES string of the molecule is O=C(c1ccc(OCC(O)Cn2nccn2)cc1)N1CC[C@H](c2ccc(F)cc2)C1. The van der Waals surface area contributed by atoms with Crippen LogP contribution in [0.1, 0.15) is 28.3 Å². The summed E-state index contributed by atoms with van der Waals surface area (Å²) in [5.74, 6) is 0.515. The molecule has 1 saturated heterocycles. The van der Waals surface area contributed by atoms with E-state index in [9.17, 15) is 14.3 Å². The van der Waals surface area contributed by atoms with Gasteiger partial charge in [0, 0.05) is 24.6 Å². The van der Waals surface area contributed by atoms with Crippen LogP contribution < -0.4 is 4.74 Å². The minimum absolute atomic E-state index is 0.0315. The molecule has 0 radical (unpaired) electrons. The summed E-state index contributed by atoms with van der Waals surface area (Å²) in [4.78, 5) is 16.0. The predicted molar refractivity (Wildman–Crippen MR) is 108 cm³/mol. The van der Waals surface area contributed by atoms with Crippen LogP contribution in [0, 0.1) is 5.82 Å². The van der Waals surface area contributed by atoms with Crippen molar-refractivity contribution in [2.75, 3.05) is 19.7 Å². The standard InChI is InChI=1S/C22H23FN4O3/c23-19-5-1-16(2-6-19)18-9-12-26(13-18)22(29)17-3-7-21(8-4-17)30-15-20(28)14-27-24-10-11-25-27/h1-8,10-11,18,20,28H,9,12-15H2/t18-,20?/m0/s1. The lowest BCUT2D eigenvalue weighted by atomic mass is 9.99. The number of aliphatic hydroxyl groups excluding tert-OH is 1. The molecular formula is C22H23FN4O3. The van der Waals surface area contributed by atoms with E-state index in [2.05, 4.69) is 10.2 Å². The Kier molecular flexibility index (Phi) is 6.04. The molecule has 1 N–H and O–H groups in total. The van der Waals surface area contributed by atoms with Crippen molar-refractivity contribution in [3.8, 4) is 5.75 Å². The highest BCUT2D eigenvalue weighted by molar-refractivity contribution is 5.94. The first-order chi connectivity index (χ1) is 14.6. The average molecular weight is 410 g/mol. The van der Waals surface area contributed by atoms with Gasteiger partial charge in [-0.2, -0.15) is 15.0 Å². The summed E-state index contributed by atoms with van der Waals surface area (Å²) in [6.07, 6.45) is 3.21. The molecule has 7 nitrogen and oxygen atoms in total. The van der Waals surface area contributed by atoms with Crippen molar-refractivity contribution < 1.29 is 19.0 Å². The van der Waals surface area contributed by atoms with Crippen LogP contribution >= 0.6 is 0 Å². The monoisotopic (exact) mass is 410 g/mol. The number of carbonyl (C=O) groups is 1. The van der Waals surface area contributed by atoms with Gasteiger partial charge in [0.1, 0.15) is 24.3 Å². The van der Waals surface area contributed by atoms with E-state index in [0.29, 0.717) is 24.4 Å². The molecule has 2 atom stereocenters. The van der Waals surface area contributed by atoms with Crippen LogP contribution in [-0.2, 0) is 6.54 Å². The molecule has 30 heavy (non-hydrogen) atoms. The minimum Gasteiger partial charge on any atom is -0.491 e. The molecule has 1 aliphatic rings. The van der Waals surface area contributed by atoms with E-state index in [4.69, 9.17) is 4.74 Å². The molecule has 156 valence electrons. The zero-order valence-electron chi connectivity index (χ0n) is 16.4. The third-order valence-electron chi connectivity index (χ3n) is 5.20. The Balaban J connectivity index is 1.29. The third-order valence-corrected chi connectivity index (χ3v) is 5.20. The molecule has 4 rings (SSSR count). The summed E-state index contributed by atoms with van der Waals surface area (Å²) < 4.78 is 18.7. The maximum Gasteiger partial charge on any atom is 0.253 e. The molecule has 1 fully saturated rings. The fourth-order valence-corrected chi connectivity index (χ4v) is 3.60. The second-order valence-corrected chi connectivity index (χ2v) is 7.36. The summed E-state index contributed by atoms with van der Waals surface area (Å²) in [7, 11) is 0. The van der Waals surface area contributed by atoms with E-state index in [1.165, 1.54) is 16.9 Å². The number of aromatic nitrogens is 3. The fraction of sp³-hybridized carbons (Fsp3) is 0.318. The molecule has 1 aliphatic heterocycles. The maximum atomic E-state index is 13.1. The Morgan fingerprint density at radius 3 is 2.53 bits per heavy atom. The van der Waals surface area contributed by atoms with Gasteiger partial charge in [0.2, 0.25) is 0 Å². The van der Waals surface area contributed by atoms with Crippen molar-refractivity contribution >= 4 is 5.91 Å². The molecule has 8 heteroatoms. The van der Waals surface area contributed by atoms with E-state index in [-0.39, 0.29) is 30.8 Å². The number of ether oxygens (including phenoxy) is 1. The van der Waals surface area contributed by atoms with Crippen molar-refractivity contribution in [2.24, 2.45) is 0 Å². The van der Waals surface area contributed by atoms with E-state index < -0.39 is 6.10 Å². The molecular weight excluding hydrogens is 387 g/mol. The van der Waals surface area contributed by atoms with Gasteiger partial charge in [-0.05, 0) is 48.4 Å². The highest BCUT2D eigenvalue weighted by atomic mass is 19.1. The van der Waals surface area contributed by atoms with Gasteiger partial charge < -0.3 is 14.7 Å². The van der Waals surface area contributed by atoms with Crippen molar-refractivity contribution in [1.82, 2.24) is 19.9 Å². The molecule has 2 aromatic carbocycles. The van der Waals surface area contributed by atoms with Gasteiger partial charge in [0.05, 0.1) is 18.9 Å². The number of amides is 1. The van der Waals surface area contributed by atoms with Gasteiger partial charge in [-0.25, -0.2) is 4.39 Å². The number of nitrogens with zero attached hydrogens (tertiary/aromatic N) is 4. The Bertz CT molecular complexity index is 961. The molecule has 1 amide bonds. The van der Waals surface area contributed by atoms with E-state index in [1.54, 1.807) is 48.8 Å². The second-order valence-electron chi connectivity index (χ2n) is 7.36. The summed E-state index contributed by atoms with van der Waals surface area (Å²) in [6.45, 7) is 1.64. The number of hydrogen-bond donors (Lipinski definition) is 1. The Hall–Kier alpha value is -3.26. The van der Waals surface area contributed by atoms with Gasteiger partial charge in [0.25, 0.3) is 5.91 Å². The number of rotatable bonds is 7. The molecule has 0 saturated carbocycles. The largest absolute Gasteiger partial charge is 0.491 e. The Morgan fingerprint density at radius 1 is 1.13 bits per heavy atom. The van der Waals surface area contributed by atoms with Crippen LogP contribution in [0.25, 0.3) is 0 Å². The van der Waals surface area contributed by atoms with Crippen LogP contribution in [-0.4, -0.2) is 56.7 Å². The van der Waals surface area contributed by atoms with Gasteiger partial charge in [-0.3, -0.25) is 4.79 Å². The average Bonchev–Trinajstić information content (AvgIpc) is 3.45. The van der Waals surface area contributed by atoms with Crippen LogP contribution in [0.4, 0.5) is 4.39 Å². The van der Waals surface area contributed by atoms with Crippen molar-refractivity contribution in [2.45, 2.75) is 25.0 Å². The number of carbonyl (C=O) groups excluding carboxylic acids is 1. The zero-order chi connectivity index (χ0) is 20.9. The summed E-state index contributed by atoms with van der Waals surface area (Å²) in [5.41, 5.74) is 1.64. The Morgan fingerprint density at radius 2 is 1.83 bits per heavy atom. The number of halogens is 1. The lowest BCUT2D eigenvalue weighted by molar-refractivity contribution is 0.0789. The summed E-state index contributed by atoms with van der Waals surface area (Å²) in [5, 5.41) is 17.9. The Labute approximate surface area is 173 Å². The van der Waals surface area contributed by atoms with Crippen LogP contribution in [0.15, 0.2) is 60.9 Å². The van der Waals surface area contributed by atoms with Crippen LogP contribution in [0.2, 0.25) is 0 Å². The zero-order valence-corrected chi connectivity index (χ0v) is 16.4. The normalized spacial score (nSPS) is 17.1. The molecule has 0 aliphatic carbocycles. The molecule has 1 unspecified atom stereocenters. The van der Waals surface area contributed by atoms with Crippen molar-refractivity contribution in [3.63, 3.8) is 0 Å². The van der Waals surface area contributed by atoms with Gasteiger partial charge in [0.15, 0.2) is 0 Å². The molecule has 2 heterocycles. The summed E-state index contributed by atoms with van der Waals surface area (Å²) in [6, 6.07) is 13.4. The number of benzene rings is 2. The van der Waals surface area contributed by atoms with Gasteiger partial charge in [-0.1, -0.05) is 12.1 Å². The van der Waals surface area contributed by atoms with Crippen LogP contribution in [0.3, 0.4) is 0 Å². The molecule has 0 bridgehead atoms. The third kappa shape index (κ3) is 4.83. The van der Waals surface area contributed by atoms with Crippen LogP contribution in [0.5, 0.6) is 5.75 Å². The van der Waals surface area contributed by atoms with E-state index in [1.807, 2.05) is 4.90 Å². The lowest BCUT2D eigenvalue weighted by Gasteiger charge is -2.17. The van der Waals surface area contributed by atoms with Gasteiger partial charge in [-0.15, -0.1) is 0 Å². The molecule has 3 aromatic rings. The first kappa shape index (κ1) is 20.0. The topological polar surface area (TPSA) is 80.5 Å². The fourth-order valence-electron chi connectivity index (χ4n) is 3.60. The number of likely N-dealkylation sites (tertiary alicyclic amines) is 1. The summed E-state index contributed by atoms with van der Waals surface area (Å²) >= 11 is 0. The number of aliphatic hydroxyl groups is 1. The smallest absolute Gasteiger partial charge is 0.253 e. The maximum absolute atomic E-state index is 13.1.